The second-order valence-electron chi connectivity index (χ2n) is 5.17. The van der Waals surface area contributed by atoms with Crippen molar-refractivity contribution in [3.8, 4) is 0 Å². The Bertz CT molecular complexity index is 350. The lowest BCUT2D eigenvalue weighted by molar-refractivity contribution is -0.139. The smallest absolute Gasteiger partial charge is 0.311 e. The number of aromatic nitrogens is 2. The third kappa shape index (κ3) is 4.47. The molecular weight excluding hydrogens is 204 g/mol. The molecule has 90 valence electrons. The first-order chi connectivity index (χ1) is 7.40. The highest BCUT2D eigenvalue weighted by atomic mass is 16.5. The zero-order chi connectivity index (χ0) is 12.2. The lowest BCUT2D eigenvalue weighted by Gasteiger charge is -2.17. The van der Waals surface area contributed by atoms with Crippen molar-refractivity contribution >= 4 is 5.97 Å². The van der Waals surface area contributed by atoms with Gasteiger partial charge >= 0.3 is 5.97 Å². The van der Waals surface area contributed by atoms with E-state index >= 15 is 0 Å². The molecule has 1 rings (SSSR count). The van der Waals surface area contributed by atoms with Crippen molar-refractivity contribution in [1.82, 2.24) is 9.55 Å². The van der Waals surface area contributed by atoms with Crippen LogP contribution in [0.1, 0.15) is 32.9 Å². The summed E-state index contributed by atoms with van der Waals surface area (Å²) in [5, 5.41) is 0. The molecule has 0 atom stereocenters. The molecule has 0 bridgehead atoms. The molecule has 1 aromatic rings. The van der Waals surface area contributed by atoms with Crippen LogP contribution in [-0.4, -0.2) is 22.6 Å². The Morgan fingerprint density at radius 2 is 2.19 bits per heavy atom. The summed E-state index contributed by atoms with van der Waals surface area (Å²) >= 11 is 0. The predicted octanol–water partition coefficient (Wildman–Crippen LogP) is 2.03. The molecule has 0 spiro atoms. The zero-order valence-electron chi connectivity index (χ0n) is 10.5. The molecule has 16 heavy (non-hydrogen) atoms. The van der Waals surface area contributed by atoms with E-state index in [9.17, 15) is 4.79 Å². The number of carbonyl (C=O) groups is 1. The third-order valence-corrected chi connectivity index (χ3v) is 2.36. The van der Waals surface area contributed by atoms with Crippen LogP contribution in [0, 0.1) is 5.41 Å². The summed E-state index contributed by atoms with van der Waals surface area (Å²) in [4.78, 5) is 15.2. The van der Waals surface area contributed by atoms with Gasteiger partial charge < -0.3 is 9.30 Å². The molecule has 0 aliphatic rings. The number of ether oxygens (including phenoxy) is 1. The molecule has 0 aliphatic carbocycles. The number of imidazole rings is 1. The molecule has 0 amide bonds. The van der Waals surface area contributed by atoms with Crippen molar-refractivity contribution in [3.05, 3.63) is 18.2 Å². The number of aryl methyl sites for hydroxylation is 1. The fraction of sp³-hybridized carbons (Fsp3) is 0.667. The van der Waals surface area contributed by atoms with E-state index in [1.807, 2.05) is 10.8 Å². The third-order valence-electron chi connectivity index (χ3n) is 2.36. The van der Waals surface area contributed by atoms with E-state index in [4.69, 9.17) is 0 Å². The van der Waals surface area contributed by atoms with E-state index < -0.39 is 0 Å². The first kappa shape index (κ1) is 12.7. The van der Waals surface area contributed by atoms with Crippen molar-refractivity contribution < 1.29 is 9.53 Å². The average Bonchev–Trinajstić information content (AvgIpc) is 2.61. The highest BCUT2D eigenvalue weighted by Crippen LogP contribution is 2.19. The van der Waals surface area contributed by atoms with E-state index in [1.165, 1.54) is 7.11 Å². The van der Waals surface area contributed by atoms with E-state index in [-0.39, 0.29) is 12.4 Å². The van der Waals surface area contributed by atoms with Crippen LogP contribution in [0.15, 0.2) is 12.5 Å². The molecule has 0 unspecified atom stereocenters. The van der Waals surface area contributed by atoms with Crippen LogP contribution >= 0.6 is 0 Å². The quantitative estimate of drug-likeness (QED) is 0.735. The van der Waals surface area contributed by atoms with Crippen molar-refractivity contribution in [1.29, 1.82) is 0 Å². The number of hydrogen-bond donors (Lipinski definition) is 0. The highest BCUT2D eigenvalue weighted by Gasteiger charge is 2.11. The maximum atomic E-state index is 11.0. The Morgan fingerprint density at radius 3 is 2.75 bits per heavy atom. The fourth-order valence-corrected chi connectivity index (χ4v) is 1.30. The van der Waals surface area contributed by atoms with Gasteiger partial charge in [0.2, 0.25) is 0 Å². The normalized spacial score (nSPS) is 11.5. The van der Waals surface area contributed by atoms with Gasteiger partial charge in [-0.25, -0.2) is 4.98 Å². The summed E-state index contributed by atoms with van der Waals surface area (Å²) in [6.45, 7) is 7.55. The minimum atomic E-state index is -0.249. The summed E-state index contributed by atoms with van der Waals surface area (Å²) in [7, 11) is 1.39. The highest BCUT2D eigenvalue weighted by molar-refractivity contribution is 5.71. The van der Waals surface area contributed by atoms with Gasteiger partial charge in [0, 0.05) is 12.7 Å². The van der Waals surface area contributed by atoms with Gasteiger partial charge in [0.05, 0.1) is 25.6 Å². The Labute approximate surface area is 96.6 Å². The lowest BCUT2D eigenvalue weighted by atomic mass is 9.92. The van der Waals surface area contributed by atoms with E-state index in [2.05, 4.69) is 30.5 Å². The number of rotatable bonds is 4. The summed E-state index contributed by atoms with van der Waals surface area (Å²) in [6, 6.07) is 0. The Balaban J connectivity index is 2.48. The van der Waals surface area contributed by atoms with E-state index in [0.717, 1.165) is 18.7 Å². The maximum absolute atomic E-state index is 11.0. The number of methoxy groups -OCH3 is 1. The monoisotopic (exact) mass is 224 g/mol. The predicted molar refractivity (Wildman–Crippen MR) is 62.0 cm³/mol. The number of carbonyl (C=O) groups excluding carboxylic acids is 1. The minimum Gasteiger partial charge on any atom is -0.469 e. The van der Waals surface area contributed by atoms with Crippen LogP contribution in [0.2, 0.25) is 0 Å². The topological polar surface area (TPSA) is 44.1 Å². The van der Waals surface area contributed by atoms with Crippen molar-refractivity contribution in [3.63, 3.8) is 0 Å². The Morgan fingerprint density at radius 1 is 1.50 bits per heavy atom. The van der Waals surface area contributed by atoms with Gasteiger partial charge in [-0.3, -0.25) is 4.79 Å². The van der Waals surface area contributed by atoms with Crippen LogP contribution in [0.3, 0.4) is 0 Å². The second-order valence-corrected chi connectivity index (χ2v) is 5.17. The van der Waals surface area contributed by atoms with Gasteiger partial charge in [-0.2, -0.15) is 0 Å². The van der Waals surface area contributed by atoms with Crippen LogP contribution in [0.25, 0.3) is 0 Å². The Kier molecular flexibility index (Phi) is 4.10. The standard InChI is InChI=1S/C12H20N2O2/c1-12(2,3)5-6-14-8-10(13-9-14)7-11(15)16-4/h8-9H,5-7H2,1-4H3. The molecule has 1 heterocycles. The molecule has 0 aliphatic heterocycles. The minimum absolute atomic E-state index is 0.249. The molecule has 4 nitrogen and oxygen atoms in total. The zero-order valence-corrected chi connectivity index (χ0v) is 10.5. The van der Waals surface area contributed by atoms with Crippen LogP contribution < -0.4 is 0 Å². The van der Waals surface area contributed by atoms with E-state index in [1.54, 1.807) is 6.33 Å². The first-order valence-electron chi connectivity index (χ1n) is 5.48. The number of nitrogens with zero attached hydrogens (tertiary/aromatic N) is 2. The summed E-state index contributed by atoms with van der Waals surface area (Å²) in [5.41, 5.74) is 1.08. The van der Waals surface area contributed by atoms with Crippen molar-refractivity contribution in [2.24, 2.45) is 5.41 Å². The van der Waals surface area contributed by atoms with Crippen molar-refractivity contribution in [2.75, 3.05) is 7.11 Å². The van der Waals surface area contributed by atoms with Gasteiger partial charge in [0.1, 0.15) is 0 Å². The van der Waals surface area contributed by atoms with Crippen LogP contribution in [-0.2, 0) is 22.5 Å². The maximum Gasteiger partial charge on any atom is 0.311 e. The lowest BCUT2D eigenvalue weighted by Crippen LogP contribution is -2.09. The fourth-order valence-electron chi connectivity index (χ4n) is 1.30. The van der Waals surface area contributed by atoms with Gasteiger partial charge in [-0.05, 0) is 11.8 Å². The molecule has 0 N–H and O–H groups in total. The SMILES string of the molecule is COC(=O)Cc1cn(CCC(C)(C)C)cn1. The average molecular weight is 224 g/mol. The first-order valence-corrected chi connectivity index (χ1v) is 5.48. The molecule has 0 saturated heterocycles. The summed E-state index contributed by atoms with van der Waals surface area (Å²) in [5.74, 6) is -0.249. The van der Waals surface area contributed by atoms with Gasteiger partial charge in [-0.1, -0.05) is 20.8 Å². The van der Waals surface area contributed by atoms with Crippen LogP contribution in [0.4, 0.5) is 0 Å². The molecular formula is C12H20N2O2. The molecule has 0 aromatic carbocycles. The van der Waals surface area contributed by atoms with Crippen molar-refractivity contribution in [2.45, 2.75) is 40.2 Å². The molecule has 0 saturated carbocycles. The Hall–Kier alpha value is -1.32. The molecule has 4 heteroatoms. The molecule has 0 radical (unpaired) electrons. The van der Waals surface area contributed by atoms with Gasteiger partial charge in [-0.15, -0.1) is 0 Å². The number of esters is 1. The molecule has 1 aromatic heterocycles. The summed E-state index contributed by atoms with van der Waals surface area (Å²) < 4.78 is 6.61. The van der Waals surface area contributed by atoms with E-state index in [0.29, 0.717) is 5.41 Å². The largest absolute Gasteiger partial charge is 0.469 e. The number of hydrogen-bond acceptors (Lipinski definition) is 3. The van der Waals surface area contributed by atoms with Crippen LogP contribution in [0.5, 0.6) is 0 Å². The van der Waals surface area contributed by atoms with Gasteiger partial charge in [0.15, 0.2) is 0 Å². The molecule has 0 fully saturated rings. The second kappa shape index (κ2) is 5.14. The van der Waals surface area contributed by atoms with Gasteiger partial charge in [0.25, 0.3) is 0 Å². The summed E-state index contributed by atoms with van der Waals surface area (Å²) in [6.07, 6.45) is 5.01.